The third-order valence-electron chi connectivity index (χ3n) is 17.6. The Bertz CT molecular complexity index is 1870. The molecule has 0 rings (SSSR count). The maximum atomic E-state index is 13.1. The van der Waals surface area contributed by atoms with Gasteiger partial charge in [0, 0.05) is 25.7 Å². The molecular weight excluding hydrogens is 1250 g/mol. The molecule has 0 aromatic rings. The molecule has 0 aromatic heterocycles. The van der Waals surface area contributed by atoms with Gasteiger partial charge in [0.2, 0.25) is 0 Å². The number of carbonyl (C=O) groups is 4. The van der Waals surface area contributed by atoms with Crippen LogP contribution in [-0.2, 0) is 65.4 Å². The van der Waals surface area contributed by atoms with Crippen molar-refractivity contribution in [3.63, 3.8) is 0 Å². The zero-order chi connectivity index (χ0) is 70.3. The number of aliphatic hydroxyl groups is 1. The molecule has 95 heavy (non-hydrogen) atoms. The van der Waals surface area contributed by atoms with Crippen molar-refractivity contribution in [1.82, 2.24) is 0 Å². The van der Waals surface area contributed by atoms with E-state index in [4.69, 9.17) is 37.0 Å². The molecule has 0 fully saturated rings. The molecule has 5 atom stereocenters. The van der Waals surface area contributed by atoms with Gasteiger partial charge in [0.1, 0.15) is 19.3 Å². The molecule has 19 heteroatoms. The van der Waals surface area contributed by atoms with Crippen LogP contribution < -0.4 is 0 Å². The summed E-state index contributed by atoms with van der Waals surface area (Å²) in [7, 11) is -9.91. The summed E-state index contributed by atoms with van der Waals surface area (Å²) < 4.78 is 68.4. The van der Waals surface area contributed by atoms with Crippen molar-refractivity contribution in [2.24, 2.45) is 23.7 Å². The number of carbonyl (C=O) groups excluding carboxylic acids is 4. The largest absolute Gasteiger partial charge is 0.472 e. The van der Waals surface area contributed by atoms with Crippen LogP contribution in [0, 0.1) is 23.7 Å². The van der Waals surface area contributed by atoms with Gasteiger partial charge in [-0.2, -0.15) is 0 Å². The van der Waals surface area contributed by atoms with Gasteiger partial charge < -0.3 is 33.8 Å². The summed E-state index contributed by atoms with van der Waals surface area (Å²) in [5.74, 6) is 0.857. The standard InChI is InChI=1S/C76H148O17P2/c1-66(2)52-44-36-28-22-18-15-13-11-9-10-12-14-16-20-24-31-40-48-56-73(78)86-62-71(92-75(80)58-50-42-33-25-21-17-19-23-29-37-45-53-67(3)4)64-90-94(82,83)88-60-70(77)61-89-95(84,85)91-65-72(93-76(81)59-51-43-35-34-39-47-55-69(7)8)63-87-74(79)57-49-41-32-27-26-30-38-46-54-68(5)6/h66-72,77H,9-65H2,1-8H3,(H,82,83)(H,84,85)/t70?,71-,72-/m1/s1. The molecule has 0 aromatic carbocycles. The van der Waals surface area contributed by atoms with E-state index in [1.807, 2.05) is 0 Å². The number of ether oxygens (including phenoxy) is 4. The van der Waals surface area contributed by atoms with E-state index >= 15 is 0 Å². The van der Waals surface area contributed by atoms with Crippen molar-refractivity contribution in [3.05, 3.63) is 0 Å². The van der Waals surface area contributed by atoms with Crippen LogP contribution in [0.15, 0.2) is 0 Å². The Morgan fingerprint density at radius 3 is 0.653 bits per heavy atom. The number of aliphatic hydroxyl groups excluding tert-OH is 1. The van der Waals surface area contributed by atoms with E-state index in [-0.39, 0.29) is 25.7 Å². The van der Waals surface area contributed by atoms with Crippen LogP contribution in [0.4, 0.5) is 0 Å². The van der Waals surface area contributed by atoms with E-state index in [0.29, 0.717) is 31.6 Å². The van der Waals surface area contributed by atoms with E-state index < -0.39 is 97.5 Å². The second-order valence-corrected chi connectivity index (χ2v) is 32.2. The first-order valence-electron chi connectivity index (χ1n) is 39.2. The first-order valence-corrected chi connectivity index (χ1v) is 42.2. The third kappa shape index (κ3) is 70.3. The minimum Gasteiger partial charge on any atom is -0.462 e. The minimum atomic E-state index is -4.96. The topological polar surface area (TPSA) is 237 Å². The number of unbranched alkanes of at least 4 members (excludes halogenated alkanes) is 39. The second-order valence-electron chi connectivity index (χ2n) is 29.3. The predicted molar refractivity (Wildman–Crippen MR) is 386 cm³/mol. The SMILES string of the molecule is CC(C)CCCCCCCCCCCCCCCCCCCCC(=O)OC[C@H](COP(=O)(O)OCC(O)COP(=O)(O)OC[C@@H](COC(=O)CCCCCCCCCCC(C)C)OC(=O)CCCCCCCCC(C)C)OC(=O)CCCCCCCCCCCCCC(C)C. The Hall–Kier alpha value is -1.94. The number of rotatable bonds is 73. The van der Waals surface area contributed by atoms with Gasteiger partial charge in [0.15, 0.2) is 12.2 Å². The fourth-order valence-electron chi connectivity index (χ4n) is 11.6. The number of hydrogen-bond acceptors (Lipinski definition) is 15. The molecule has 0 aliphatic rings. The van der Waals surface area contributed by atoms with E-state index in [1.165, 1.54) is 186 Å². The van der Waals surface area contributed by atoms with Gasteiger partial charge >= 0.3 is 39.5 Å². The molecule has 0 bridgehead atoms. The van der Waals surface area contributed by atoms with E-state index in [9.17, 15) is 43.2 Å². The maximum absolute atomic E-state index is 13.1. The minimum absolute atomic E-state index is 0.101. The average Bonchev–Trinajstić information content (AvgIpc) is 1.65. The summed E-state index contributed by atoms with van der Waals surface area (Å²) in [5, 5.41) is 10.6. The third-order valence-corrected chi connectivity index (χ3v) is 19.5. The van der Waals surface area contributed by atoms with Crippen molar-refractivity contribution in [1.29, 1.82) is 0 Å². The second kappa shape index (κ2) is 65.4. The Morgan fingerprint density at radius 2 is 0.442 bits per heavy atom. The summed E-state index contributed by atoms with van der Waals surface area (Å²) in [4.78, 5) is 72.7. The van der Waals surface area contributed by atoms with Crippen LogP contribution in [0.5, 0.6) is 0 Å². The van der Waals surface area contributed by atoms with E-state index in [2.05, 4.69) is 55.4 Å². The van der Waals surface area contributed by atoms with Crippen LogP contribution in [0.3, 0.4) is 0 Å². The highest BCUT2D eigenvalue weighted by Gasteiger charge is 2.30. The molecule has 0 aliphatic heterocycles. The summed E-state index contributed by atoms with van der Waals surface area (Å²) in [6, 6.07) is 0. The lowest BCUT2D eigenvalue weighted by Crippen LogP contribution is -2.30. The highest BCUT2D eigenvalue weighted by molar-refractivity contribution is 7.47. The quantitative estimate of drug-likeness (QED) is 0.0222. The first kappa shape index (κ1) is 93.1. The van der Waals surface area contributed by atoms with Crippen LogP contribution in [0.25, 0.3) is 0 Å². The lowest BCUT2D eigenvalue weighted by molar-refractivity contribution is -0.161. The Balaban J connectivity index is 5.17. The van der Waals surface area contributed by atoms with E-state index in [0.717, 1.165) is 108 Å². The van der Waals surface area contributed by atoms with Crippen LogP contribution in [-0.4, -0.2) is 96.7 Å². The van der Waals surface area contributed by atoms with Gasteiger partial charge in [0.05, 0.1) is 26.4 Å². The van der Waals surface area contributed by atoms with Crippen molar-refractivity contribution in [2.75, 3.05) is 39.6 Å². The number of phosphoric ester groups is 2. The van der Waals surface area contributed by atoms with Gasteiger partial charge in [-0.3, -0.25) is 37.3 Å². The Morgan fingerprint density at radius 1 is 0.263 bits per heavy atom. The first-order chi connectivity index (χ1) is 45.6. The van der Waals surface area contributed by atoms with E-state index in [1.54, 1.807) is 0 Å². The summed E-state index contributed by atoms with van der Waals surface area (Å²) in [6.45, 7) is 14.1. The molecule has 0 heterocycles. The van der Waals surface area contributed by atoms with Gasteiger partial charge in [0.25, 0.3) is 0 Å². The van der Waals surface area contributed by atoms with Crippen molar-refractivity contribution >= 4 is 39.5 Å². The van der Waals surface area contributed by atoms with Gasteiger partial charge in [-0.15, -0.1) is 0 Å². The number of esters is 4. The lowest BCUT2D eigenvalue weighted by atomic mass is 10.0. The molecule has 0 radical (unpaired) electrons. The molecule has 17 nitrogen and oxygen atoms in total. The average molecular weight is 1400 g/mol. The molecule has 0 saturated heterocycles. The Labute approximate surface area is 581 Å². The maximum Gasteiger partial charge on any atom is 0.472 e. The molecule has 0 spiro atoms. The Kier molecular flexibility index (Phi) is 64.0. The van der Waals surface area contributed by atoms with Crippen LogP contribution >= 0.6 is 15.6 Å². The predicted octanol–water partition coefficient (Wildman–Crippen LogP) is 22.0. The fraction of sp³-hybridized carbons (Fsp3) is 0.947. The monoisotopic (exact) mass is 1400 g/mol. The van der Waals surface area contributed by atoms with Gasteiger partial charge in [-0.25, -0.2) is 9.13 Å². The highest BCUT2D eigenvalue weighted by atomic mass is 31.2. The highest BCUT2D eigenvalue weighted by Crippen LogP contribution is 2.45. The zero-order valence-corrected chi connectivity index (χ0v) is 64.1. The molecule has 0 saturated carbocycles. The van der Waals surface area contributed by atoms with Gasteiger partial charge in [-0.05, 0) is 49.4 Å². The zero-order valence-electron chi connectivity index (χ0n) is 62.3. The van der Waals surface area contributed by atoms with Crippen LogP contribution in [0.1, 0.15) is 383 Å². The number of phosphoric acid groups is 2. The summed E-state index contributed by atoms with van der Waals surface area (Å²) in [5.41, 5.74) is 0. The molecule has 3 N–H and O–H groups in total. The van der Waals surface area contributed by atoms with Gasteiger partial charge in [-0.1, -0.05) is 331 Å². The summed E-state index contributed by atoms with van der Waals surface area (Å²) in [6.07, 6.45) is 50.3. The molecule has 0 amide bonds. The smallest absolute Gasteiger partial charge is 0.462 e. The van der Waals surface area contributed by atoms with Crippen molar-refractivity contribution in [3.8, 4) is 0 Å². The molecule has 0 aliphatic carbocycles. The lowest BCUT2D eigenvalue weighted by Gasteiger charge is -2.21. The van der Waals surface area contributed by atoms with Crippen molar-refractivity contribution in [2.45, 2.75) is 401 Å². The van der Waals surface area contributed by atoms with Crippen molar-refractivity contribution < 1.29 is 80.2 Å². The molecule has 564 valence electrons. The number of hydrogen-bond donors (Lipinski definition) is 3. The van der Waals surface area contributed by atoms with Crippen LogP contribution in [0.2, 0.25) is 0 Å². The fourth-order valence-corrected chi connectivity index (χ4v) is 13.1. The normalized spacial score (nSPS) is 14.1. The molecular formula is C76H148O17P2. The molecule has 3 unspecified atom stereocenters. The summed E-state index contributed by atoms with van der Waals surface area (Å²) >= 11 is 0.